The standard InChI is InChI=1S/C15H21N3O4/c1-20-13-4-3-11(9-12(13)14(19)21-2)10-17-15(16)18-5-7-22-8-6-18/h3-4,9H,5-8,10H2,1-2H3,(H2,16,17). The number of nitrogens with zero attached hydrogens (tertiary/aromatic N) is 2. The minimum absolute atomic E-state index is 0.377. The summed E-state index contributed by atoms with van der Waals surface area (Å²) in [6, 6.07) is 5.28. The molecule has 0 radical (unpaired) electrons. The van der Waals surface area contributed by atoms with Crippen LogP contribution in [0.2, 0.25) is 0 Å². The van der Waals surface area contributed by atoms with Gasteiger partial charge in [0.25, 0.3) is 0 Å². The normalized spacial score (nSPS) is 15.5. The van der Waals surface area contributed by atoms with Crippen LogP contribution in [-0.2, 0) is 16.0 Å². The highest BCUT2D eigenvalue weighted by Gasteiger charge is 2.14. The summed E-state index contributed by atoms with van der Waals surface area (Å²) >= 11 is 0. The van der Waals surface area contributed by atoms with E-state index >= 15 is 0 Å². The summed E-state index contributed by atoms with van der Waals surface area (Å²) in [7, 11) is 2.85. The van der Waals surface area contributed by atoms with Crippen molar-refractivity contribution in [2.45, 2.75) is 6.54 Å². The van der Waals surface area contributed by atoms with Crippen molar-refractivity contribution in [2.75, 3.05) is 40.5 Å². The van der Waals surface area contributed by atoms with Crippen LogP contribution in [0.5, 0.6) is 5.75 Å². The molecule has 1 aliphatic rings. The van der Waals surface area contributed by atoms with Crippen LogP contribution in [0.1, 0.15) is 15.9 Å². The Bertz CT molecular complexity index is 554. The van der Waals surface area contributed by atoms with Gasteiger partial charge in [0.15, 0.2) is 5.96 Å². The molecule has 0 amide bonds. The van der Waals surface area contributed by atoms with Crippen LogP contribution in [0.15, 0.2) is 23.2 Å². The van der Waals surface area contributed by atoms with Crippen molar-refractivity contribution in [3.8, 4) is 5.75 Å². The summed E-state index contributed by atoms with van der Waals surface area (Å²) in [4.78, 5) is 18.1. The number of ether oxygens (including phenoxy) is 3. The molecule has 0 aliphatic carbocycles. The highest BCUT2D eigenvalue weighted by Crippen LogP contribution is 2.21. The molecule has 22 heavy (non-hydrogen) atoms. The molecule has 1 heterocycles. The van der Waals surface area contributed by atoms with E-state index in [9.17, 15) is 4.79 Å². The van der Waals surface area contributed by atoms with Crippen molar-refractivity contribution in [1.82, 2.24) is 4.90 Å². The maximum absolute atomic E-state index is 11.7. The van der Waals surface area contributed by atoms with E-state index in [1.807, 2.05) is 11.0 Å². The first kappa shape index (κ1) is 16.1. The number of aliphatic imine (C=N–C) groups is 1. The van der Waals surface area contributed by atoms with E-state index in [-0.39, 0.29) is 0 Å². The average Bonchev–Trinajstić information content (AvgIpc) is 2.59. The zero-order valence-electron chi connectivity index (χ0n) is 12.9. The zero-order chi connectivity index (χ0) is 15.9. The maximum Gasteiger partial charge on any atom is 0.341 e. The lowest BCUT2D eigenvalue weighted by atomic mass is 10.1. The minimum Gasteiger partial charge on any atom is -0.496 e. The van der Waals surface area contributed by atoms with Crippen molar-refractivity contribution >= 4 is 11.9 Å². The molecule has 2 N–H and O–H groups in total. The predicted molar refractivity (Wildman–Crippen MR) is 82.1 cm³/mol. The molecule has 0 unspecified atom stereocenters. The van der Waals surface area contributed by atoms with Crippen LogP contribution in [0.25, 0.3) is 0 Å². The van der Waals surface area contributed by atoms with Gasteiger partial charge in [0.05, 0.1) is 34.0 Å². The van der Waals surface area contributed by atoms with E-state index in [4.69, 9.17) is 19.9 Å². The van der Waals surface area contributed by atoms with Gasteiger partial charge in [0.1, 0.15) is 11.3 Å². The Hall–Kier alpha value is -2.28. The van der Waals surface area contributed by atoms with Crippen molar-refractivity contribution in [3.63, 3.8) is 0 Å². The van der Waals surface area contributed by atoms with Gasteiger partial charge < -0.3 is 24.8 Å². The van der Waals surface area contributed by atoms with E-state index in [1.54, 1.807) is 12.1 Å². The zero-order valence-corrected chi connectivity index (χ0v) is 12.9. The molecular formula is C15H21N3O4. The van der Waals surface area contributed by atoms with Crippen LogP contribution in [0.4, 0.5) is 0 Å². The number of benzene rings is 1. The Morgan fingerprint density at radius 1 is 1.36 bits per heavy atom. The first-order valence-corrected chi connectivity index (χ1v) is 7.03. The van der Waals surface area contributed by atoms with E-state index in [0.717, 1.165) is 18.7 Å². The number of hydrogen-bond donors (Lipinski definition) is 1. The topological polar surface area (TPSA) is 86.4 Å². The number of carbonyl (C=O) groups is 1. The summed E-state index contributed by atoms with van der Waals surface area (Å²) < 4.78 is 15.2. The molecule has 120 valence electrons. The minimum atomic E-state index is -0.441. The highest BCUT2D eigenvalue weighted by atomic mass is 16.5. The number of esters is 1. The van der Waals surface area contributed by atoms with Crippen molar-refractivity contribution in [3.05, 3.63) is 29.3 Å². The molecular weight excluding hydrogens is 286 g/mol. The van der Waals surface area contributed by atoms with Crippen LogP contribution in [0, 0.1) is 0 Å². The molecule has 0 atom stereocenters. The lowest BCUT2D eigenvalue weighted by Crippen LogP contribution is -2.44. The predicted octanol–water partition coefficient (Wildman–Crippen LogP) is 0.629. The van der Waals surface area contributed by atoms with Gasteiger partial charge in [0.2, 0.25) is 0 Å². The number of morpholine rings is 1. The number of rotatable bonds is 4. The van der Waals surface area contributed by atoms with Gasteiger partial charge in [-0.3, -0.25) is 0 Å². The lowest BCUT2D eigenvalue weighted by Gasteiger charge is -2.27. The summed E-state index contributed by atoms with van der Waals surface area (Å²) in [6.07, 6.45) is 0. The van der Waals surface area contributed by atoms with Gasteiger partial charge in [-0.2, -0.15) is 0 Å². The number of guanidine groups is 1. The summed E-state index contributed by atoms with van der Waals surface area (Å²) in [5.41, 5.74) is 7.22. The Labute approximate surface area is 129 Å². The average molecular weight is 307 g/mol. The molecule has 2 rings (SSSR count). The molecule has 0 saturated carbocycles. The molecule has 1 aromatic rings. The molecule has 1 aliphatic heterocycles. The van der Waals surface area contributed by atoms with Crippen LogP contribution >= 0.6 is 0 Å². The van der Waals surface area contributed by atoms with Crippen molar-refractivity contribution in [2.24, 2.45) is 10.7 Å². The Morgan fingerprint density at radius 3 is 2.73 bits per heavy atom. The molecule has 7 heteroatoms. The van der Waals surface area contributed by atoms with Crippen molar-refractivity contribution in [1.29, 1.82) is 0 Å². The van der Waals surface area contributed by atoms with Gasteiger partial charge in [0, 0.05) is 13.1 Å². The molecule has 0 bridgehead atoms. The van der Waals surface area contributed by atoms with Gasteiger partial charge >= 0.3 is 5.97 Å². The quantitative estimate of drug-likeness (QED) is 0.499. The van der Waals surface area contributed by atoms with E-state index in [2.05, 4.69) is 4.99 Å². The second kappa shape index (κ2) is 7.65. The second-order valence-corrected chi connectivity index (χ2v) is 4.80. The summed E-state index contributed by atoms with van der Waals surface area (Å²) in [5, 5.41) is 0. The first-order valence-electron chi connectivity index (χ1n) is 7.03. The Kier molecular flexibility index (Phi) is 5.60. The third kappa shape index (κ3) is 3.88. The number of hydrogen-bond acceptors (Lipinski definition) is 5. The molecule has 1 aromatic carbocycles. The fourth-order valence-corrected chi connectivity index (χ4v) is 2.19. The smallest absolute Gasteiger partial charge is 0.341 e. The molecule has 7 nitrogen and oxygen atoms in total. The number of nitrogens with two attached hydrogens (primary N) is 1. The molecule has 0 aromatic heterocycles. The van der Waals surface area contributed by atoms with Gasteiger partial charge in [-0.15, -0.1) is 0 Å². The fraction of sp³-hybridized carbons (Fsp3) is 0.467. The third-order valence-corrected chi connectivity index (χ3v) is 3.43. The van der Waals surface area contributed by atoms with Gasteiger partial charge in [-0.1, -0.05) is 6.07 Å². The Morgan fingerprint density at radius 2 is 2.09 bits per heavy atom. The molecule has 1 saturated heterocycles. The van der Waals surface area contributed by atoms with E-state index in [1.165, 1.54) is 14.2 Å². The lowest BCUT2D eigenvalue weighted by molar-refractivity contribution is 0.0597. The maximum atomic E-state index is 11.7. The van der Waals surface area contributed by atoms with Gasteiger partial charge in [-0.25, -0.2) is 9.79 Å². The number of carbonyl (C=O) groups excluding carboxylic acids is 1. The van der Waals surface area contributed by atoms with Crippen molar-refractivity contribution < 1.29 is 19.0 Å². The third-order valence-electron chi connectivity index (χ3n) is 3.43. The summed E-state index contributed by atoms with van der Waals surface area (Å²) in [6.45, 7) is 3.18. The summed E-state index contributed by atoms with van der Waals surface area (Å²) in [5.74, 6) is 0.517. The van der Waals surface area contributed by atoms with Crippen LogP contribution in [0.3, 0.4) is 0 Å². The second-order valence-electron chi connectivity index (χ2n) is 4.80. The fourth-order valence-electron chi connectivity index (χ4n) is 2.19. The Balaban J connectivity index is 2.10. The molecule has 1 fully saturated rings. The monoisotopic (exact) mass is 307 g/mol. The highest BCUT2D eigenvalue weighted by molar-refractivity contribution is 5.92. The van der Waals surface area contributed by atoms with Crippen LogP contribution < -0.4 is 10.5 Å². The van der Waals surface area contributed by atoms with E-state index < -0.39 is 5.97 Å². The number of methoxy groups -OCH3 is 2. The molecule has 0 spiro atoms. The largest absolute Gasteiger partial charge is 0.496 e. The van der Waals surface area contributed by atoms with E-state index in [0.29, 0.717) is 37.0 Å². The van der Waals surface area contributed by atoms with Crippen LogP contribution in [-0.4, -0.2) is 57.4 Å². The van der Waals surface area contributed by atoms with Gasteiger partial charge in [-0.05, 0) is 17.7 Å². The first-order chi connectivity index (χ1) is 10.7. The SMILES string of the molecule is COC(=O)c1cc(CN=C(N)N2CCOCC2)ccc1OC.